The fourth-order valence-corrected chi connectivity index (χ4v) is 2.40. The second-order valence-electron chi connectivity index (χ2n) is 3.88. The van der Waals surface area contributed by atoms with Crippen molar-refractivity contribution in [3.05, 3.63) is 16.6 Å². The first-order valence-electron chi connectivity index (χ1n) is 5.32. The van der Waals surface area contributed by atoms with E-state index in [-0.39, 0.29) is 5.54 Å². The second-order valence-corrected chi connectivity index (χ2v) is 4.77. The Kier molecular flexibility index (Phi) is 4.55. The van der Waals surface area contributed by atoms with Crippen LogP contribution < -0.4 is 5.32 Å². The molecule has 1 heterocycles. The predicted molar refractivity (Wildman–Crippen MR) is 62.7 cm³/mol. The monoisotopic (exact) mass is 212 g/mol. The summed E-state index contributed by atoms with van der Waals surface area (Å²) in [6.45, 7) is 4.47. The van der Waals surface area contributed by atoms with Crippen molar-refractivity contribution < 1.29 is 0 Å². The number of unbranched alkanes of at least 4 members (excludes halogenated alkanes) is 2. The molecular weight excluding hydrogens is 192 g/mol. The largest absolute Gasteiger partial charge is 0.309 e. The van der Waals surface area contributed by atoms with Gasteiger partial charge in [-0.25, -0.2) is 4.98 Å². The van der Waals surface area contributed by atoms with Crippen molar-refractivity contribution >= 4 is 11.3 Å². The van der Waals surface area contributed by atoms with Gasteiger partial charge in [0.25, 0.3) is 0 Å². The minimum absolute atomic E-state index is 0.0728. The Bertz CT molecular complexity index is 246. The van der Waals surface area contributed by atoms with E-state index >= 15 is 0 Å². The minimum atomic E-state index is 0.0728. The third kappa shape index (κ3) is 2.79. The van der Waals surface area contributed by atoms with Crippen LogP contribution in [0.2, 0.25) is 0 Å². The normalized spacial score (nSPS) is 15.4. The maximum atomic E-state index is 4.39. The van der Waals surface area contributed by atoms with Crippen molar-refractivity contribution in [2.45, 2.75) is 45.1 Å². The molecule has 80 valence electrons. The molecule has 0 radical (unpaired) electrons. The first-order valence-corrected chi connectivity index (χ1v) is 6.20. The number of rotatable bonds is 6. The van der Waals surface area contributed by atoms with Gasteiger partial charge in [0.15, 0.2) is 0 Å². The second kappa shape index (κ2) is 5.47. The molecule has 0 fully saturated rings. The highest BCUT2D eigenvalue weighted by Gasteiger charge is 2.26. The van der Waals surface area contributed by atoms with Crippen LogP contribution in [0.1, 0.15) is 44.5 Å². The summed E-state index contributed by atoms with van der Waals surface area (Å²) in [7, 11) is 2.02. The third-order valence-electron chi connectivity index (χ3n) is 2.74. The molecule has 0 aliphatic heterocycles. The maximum Gasteiger partial charge on any atom is 0.112 e. The highest BCUT2D eigenvalue weighted by Crippen LogP contribution is 2.27. The summed E-state index contributed by atoms with van der Waals surface area (Å²) in [5, 5.41) is 6.64. The molecule has 1 atom stereocenters. The lowest BCUT2D eigenvalue weighted by atomic mass is 9.95. The average Bonchev–Trinajstić information content (AvgIpc) is 2.71. The molecule has 1 rings (SSSR count). The SMILES string of the molecule is CCCCCC(C)(NC)c1nccs1. The van der Waals surface area contributed by atoms with E-state index in [9.17, 15) is 0 Å². The zero-order valence-electron chi connectivity index (χ0n) is 9.34. The standard InChI is InChI=1S/C11H20N2S/c1-4-5-6-7-11(2,12-3)10-13-8-9-14-10/h8-9,12H,4-7H2,1-3H3. The van der Waals surface area contributed by atoms with Gasteiger partial charge in [-0.05, 0) is 20.4 Å². The maximum absolute atomic E-state index is 4.39. The Morgan fingerprint density at radius 1 is 1.50 bits per heavy atom. The van der Waals surface area contributed by atoms with Crippen LogP contribution in [0.4, 0.5) is 0 Å². The lowest BCUT2D eigenvalue weighted by molar-refractivity contribution is 0.352. The highest BCUT2D eigenvalue weighted by molar-refractivity contribution is 7.09. The number of hydrogen-bond donors (Lipinski definition) is 1. The molecule has 0 saturated heterocycles. The molecule has 0 aliphatic rings. The molecule has 2 nitrogen and oxygen atoms in total. The zero-order valence-corrected chi connectivity index (χ0v) is 10.2. The molecule has 14 heavy (non-hydrogen) atoms. The summed E-state index contributed by atoms with van der Waals surface area (Å²) in [5.41, 5.74) is 0.0728. The van der Waals surface area contributed by atoms with Gasteiger partial charge in [-0.3, -0.25) is 0 Å². The first-order chi connectivity index (χ1) is 6.73. The average molecular weight is 212 g/mol. The van der Waals surface area contributed by atoms with Crippen molar-refractivity contribution in [1.29, 1.82) is 0 Å². The van der Waals surface area contributed by atoms with Gasteiger partial charge in [0, 0.05) is 11.6 Å². The fraction of sp³-hybridized carbons (Fsp3) is 0.727. The van der Waals surface area contributed by atoms with Gasteiger partial charge in [-0.1, -0.05) is 26.2 Å². The van der Waals surface area contributed by atoms with Crippen molar-refractivity contribution in [2.75, 3.05) is 7.05 Å². The Balaban J connectivity index is 2.57. The summed E-state index contributed by atoms with van der Waals surface area (Å²) in [5.74, 6) is 0. The molecule has 0 aromatic carbocycles. The Labute approximate surface area is 90.8 Å². The zero-order chi connectivity index (χ0) is 10.4. The molecule has 1 aromatic heterocycles. The van der Waals surface area contributed by atoms with Crippen LogP contribution in [0, 0.1) is 0 Å². The topological polar surface area (TPSA) is 24.9 Å². The predicted octanol–water partition coefficient (Wildman–Crippen LogP) is 3.16. The molecule has 0 bridgehead atoms. The van der Waals surface area contributed by atoms with E-state index in [1.807, 2.05) is 18.6 Å². The summed E-state index contributed by atoms with van der Waals surface area (Å²) in [6.07, 6.45) is 6.91. The number of aromatic nitrogens is 1. The fourth-order valence-electron chi connectivity index (χ4n) is 1.56. The highest BCUT2D eigenvalue weighted by atomic mass is 32.1. The number of hydrogen-bond acceptors (Lipinski definition) is 3. The number of thiazole rings is 1. The summed E-state index contributed by atoms with van der Waals surface area (Å²) in [6, 6.07) is 0. The summed E-state index contributed by atoms with van der Waals surface area (Å²) >= 11 is 1.74. The molecular formula is C11H20N2S. The summed E-state index contributed by atoms with van der Waals surface area (Å²) in [4.78, 5) is 4.39. The van der Waals surface area contributed by atoms with E-state index in [2.05, 4.69) is 24.1 Å². The van der Waals surface area contributed by atoms with Gasteiger partial charge in [0.1, 0.15) is 5.01 Å². The van der Waals surface area contributed by atoms with Crippen LogP contribution in [0.3, 0.4) is 0 Å². The van der Waals surface area contributed by atoms with E-state index in [0.29, 0.717) is 0 Å². The van der Waals surface area contributed by atoms with E-state index in [4.69, 9.17) is 0 Å². The molecule has 0 spiro atoms. The molecule has 1 N–H and O–H groups in total. The van der Waals surface area contributed by atoms with Crippen molar-refractivity contribution in [3.63, 3.8) is 0 Å². The van der Waals surface area contributed by atoms with Crippen LogP contribution in [0.25, 0.3) is 0 Å². The quantitative estimate of drug-likeness (QED) is 0.733. The van der Waals surface area contributed by atoms with Crippen LogP contribution in [0.5, 0.6) is 0 Å². The van der Waals surface area contributed by atoms with E-state index in [1.54, 1.807) is 11.3 Å². The van der Waals surface area contributed by atoms with Gasteiger partial charge < -0.3 is 5.32 Å². The van der Waals surface area contributed by atoms with Gasteiger partial charge in [0.05, 0.1) is 5.54 Å². The van der Waals surface area contributed by atoms with Crippen LogP contribution in [-0.4, -0.2) is 12.0 Å². The lowest BCUT2D eigenvalue weighted by Gasteiger charge is -2.26. The molecule has 0 amide bonds. The first kappa shape index (κ1) is 11.7. The van der Waals surface area contributed by atoms with Gasteiger partial charge in [-0.2, -0.15) is 0 Å². The van der Waals surface area contributed by atoms with Crippen LogP contribution >= 0.6 is 11.3 Å². The van der Waals surface area contributed by atoms with E-state index in [0.717, 1.165) is 0 Å². The number of nitrogens with one attached hydrogen (secondary N) is 1. The van der Waals surface area contributed by atoms with Gasteiger partial charge >= 0.3 is 0 Å². The smallest absolute Gasteiger partial charge is 0.112 e. The molecule has 0 saturated carbocycles. The Morgan fingerprint density at radius 2 is 2.29 bits per heavy atom. The minimum Gasteiger partial charge on any atom is -0.309 e. The third-order valence-corrected chi connectivity index (χ3v) is 3.77. The van der Waals surface area contributed by atoms with Crippen LogP contribution in [0.15, 0.2) is 11.6 Å². The molecule has 1 unspecified atom stereocenters. The lowest BCUT2D eigenvalue weighted by Crippen LogP contribution is -2.36. The van der Waals surface area contributed by atoms with Crippen molar-refractivity contribution in [2.24, 2.45) is 0 Å². The van der Waals surface area contributed by atoms with Crippen LogP contribution in [-0.2, 0) is 5.54 Å². The van der Waals surface area contributed by atoms with Gasteiger partial charge in [0.2, 0.25) is 0 Å². The van der Waals surface area contributed by atoms with E-state index in [1.165, 1.54) is 30.7 Å². The van der Waals surface area contributed by atoms with E-state index < -0.39 is 0 Å². The summed E-state index contributed by atoms with van der Waals surface area (Å²) < 4.78 is 0. The molecule has 0 aliphatic carbocycles. The van der Waals surface area contributed by atoms with Gasteiger partial charge in [-0.15, -0.1) is 11.3 Å². The molecule has 1 aromatic rings. The Hall–Kier alpha value is -0.410. The molecule has 3 heteroatoms. The Morgan fingerprint density at radius 3 is 2.79 bits per heavy atom. The van der Waals surface area contributed by atoms with Crippen molar-refractivity contribution in [1.82, 2.24) is 10.3 Å². The van der Waals surface area contributed by atoms with Crippen molar-refractivity contribution in [3.8, 4) is 0 Å². The number of nitrogens with zero attached hydrogens (tertiary/aromatic N) is 1.